The number of nitrogens with zero attached hydrogens (tertiary/aromatic N) is 2. The first-order chi connectivity index (χ1) is 10.9. The minimum absolute atomic E-state index is 0.0341. The van der Waals surface area contributed by atoms with Crippen LogP contribution in [0.5, 0.6) is 0 Å². The van der Waals surface area contributed by atoms with E-state index in [1.165, 1.54) is 0 Å². The first-order valence-electron chi connectivity index (χ1n) is 7.77. The summed E-state index contributed by atoms with van der Waals surface area (Å²) in [7, 11) is 0. The predicted octanol–water partition coefficient (Wildman–Crippen LogP) is 0.799. The Bertz CT molecular complexity index is 497. The van der Waals surface area contributed by atoms with Crippen molar-refractivity contribution in [2.24, 2.45) is 5.92 Å². The molecule has 1 aliphatic carbocycles. The second-order valence-electron chi connectivity index (χ2n) is 5.79. The molecule has 1 rings (SSSR count). The molecule has 1 saturated carbocycles. The zero-order valence-electron chi connectivity index (χ0n) is 13.4. The van der Waals surface area contributed by atoms with Gasteiger partial charge in [-0.05, 0) is 25.2 Å². The molecule has 0 saturated heterocycles. The third-order valence-electron chi connectivity index (χ3n) is 3.78. The molecule has 1 aliphatic rings. The van der Waals surface area contributed by atoms with Crippen LogP contribution in [0.25, 0.3) is 5.53 Å². The SMILES string of the molecule is CCC(C)C(OC1CC1)C(=O)NC(CCC(=O)C=[N+]=[N-])C(=O)O. The van der Waals surface area contributed by atoms with Crippen molar-refractivity contribution in [1.82, 2.24) is 5.32 Å². The van der Waals surface area contributed by atoms with E-state index < -0.39 is 29.8 Å². The molecule has 0 spiro atoms. The van der Waals surface area contributed by atoms with E-state index in [9.17, 15) is 19.5 Å². The molecule has 2 N–H and O–H groups in total. The van der Waals surface area contributed by atoms with Crippen LogP contribution < -0.4 is 5.32 Å². The number of ether oxygens (including phenoxy) is 1. The Morgan fingerprint density at radius 3 is 2.57 bits per heavy atom. The van der Waals surface area contributed by atoms with Gasteiger partial charge in [0.15, 0.2) is 0 Å². The Labute approximate surface area is 134 Å². The van der Waals surface area contributed by atoms with Gasteiger partial charge < -0.3 is 20.7 Å². The van der Waals surface area contributed by atoms with Gasteiger partial charge >= 0.3 is 12.2 Å². The number of hydrogen-bond donors (Lipinski definition) is 2. The molecule has 0 aliphatic heterocycles. The van der Waals surface area contributed by atoms with Crippen molar-refractivity contribution >= 4 is 23.9 Å². The number of carbonyl (C=O) groups is 3. The molecule has 0 aromatic heterocycles. The minimum Gasteiger partial charge on any atom is -0.480 e. The summed E-state index contributed by atoms with van der Waals surface area (Å²) in [5.74, 6) is -2.24. The van der Waals surface area contributed by atoms with E-state index in [2.05, 4.69) is 10.1 Å². The van der Waals surface area contributed by atoms with Gasteiger partial charge in [0.05, 0.1) is 6.10 Å². The quantitative estimate of drug-likeness (QED) is 0.330. The maximum atomic E-state index is 12.3. The fourth-order valence-electron chi connectivity index (χ4n) is 2.01. The van der Waals surface area contributed by atoms with Crippen molar-refractivity contribution in [1.29, 1.82) is 0 Å². The van der Waals surface area contributed by atoms with Crippen molar-refractivity contribution in [3.8, 4) is 0 Å². The average molecular weight is 325 g/mol. The highest BCUT2D eigenvalue weighted by atomic mass is 16.5. The summed E-state index contributed by atoms with van der Waals surface area (Å²) in [4.78, 5) is 37.4. The number of hydrogen-bond acceptors (Lipinski definition) is 4. The Morgan fingerprint density at radius 2 is 2.09 bits per heavy atom. The highest BCUT2D eigenvalue weighted by molar-refractivity contribution is 6.25. The number of aliphatic carboxylic acids is 1. The lowest BCUT2D eigenvalue weighted by molar-refractivity contribution is -0.146. The zero-order valence-corrected chi connectivity index (χ0v) is 13.4. The lowest BCUT2D eigenvalue weighted by atomic mass is 10.00. The maximum Gasteiger partial charge on any atom is 0.326 e. The van der Waals surface area contributed by atoms with Gasteiger partial charge in [-0.3, -0.25) is 9.59 Å². The van der Waals surface area contributed by atoms with Gasteiger partial charge in [0.1, 0.15) is 12.1 Å². The van der Waals surface area contributed by atoms with Crippen LogP contribution in [0.1, 0.15) is 46.0 Å². The number of amides is 1. The molecule has 0 heterocycles. The van der Waals surface area contributed by atoms with E-state index in [4.69, 9.17) is 10.3 Å². The van der Waals surface area contributed by atoms with Gasteiger partial charge in [-0.2, -0.15) is 4.79 Å². The van der Waals surface area contributed by atoms with Crippen molar-refractivity contribution < 1.29 is 29.0 Å². The van der Waals surface area contributed by atoms with Crippen LogP contribution in [0.4, 0.5) is 0 Å². The molecule has 1 fully saturated rings. The molecule has 0 radical (unpaired) electrons. The third kappa shape index (κ3) is 6.71. The molecule has 0 aromatic rings. The van der Waals surface area contributed by atoms with Crippen LogP contribution in [0.2, 0.25) is 0 Å². The van der Waals surface area contributed by atoms with E-state index >= 15 is 0 Å². The van der Waals surface area contributed by atoms with Crippen LogP contribution in [-0.4, -0.2) is 52.0 Å². The van der Waals surface area contributed by atoms with E-state index in [0.717, 1.165) is 19.3 Å². The number of ketones is 1. The number of rotatable bonds is 11. The van der Waals surface area contributed by atoms with Gasteiger partial charge in [-0.15, -0.1) is 0 Å². The van der Waals surface area contributed by atoms with Gasteiger partial charge in [-0.25, -0.2) is 4.79 Å². The fourth-order valence-corrected chi connectivity index (χ4v) is 2.01. The molecule has 8 nitrogen and oxygen atoms in total. The largest absolute Gasteiger partial charge is 0.480 e. The Kier molecular flexibility index (Phi) is 7.57. The average Bonchev–Trinajstić information content (AvgIpc) is 3.32. The second-order valence-corrected chi connectivity index (χ2v) is 5.79. The Balaban J connectivity index is 2.64. The van der Waals surface area contributed by atoms with E-state index in [1.807, 2.05) is 13.8 Å². The third-order valence-corrected chi connectivity index (χ3v) is 3.78. The highest BCUT2D eigenvalue weighted by Gasteiger charge is 2.34. The number of Topliss-reactive ketones (excluding diaryl/α,β-unsaturated/α-hetero) is 1. The first-order valence-corrected chi connectivity index (χ1v) is 7.77. The van der Waals surface area contributed by atoms with Crippen molar-refractivity contribution in [3.63, 3.8) is 0 Å². The predicted molar refractivity (Wildman–Crippen MR) is 80.8 cm³/mol. The van der Waals surface area contributed by atoms with Gasteiger partial charge in [0, 0.05) is 6.42 Å². The van der Waals surface area contributed by atoms with Crippen LogP contribution >= 0.6 is 0 Å². The molecule has 3 unspecified atom stereocenters. The standard InChI is InChI=1S/C15H23N3O5/c1-3-9(2)13(23-11-5-6-11)14(20)18-12(15(21)22)7-4-10(19)8-17-16/h8-9,11-13H,3-7H2,1-2H3,(H,18,20)(H,21,22). The zero-order chi connectivity index (χ0) is 17.4. The first kappa shape index (κ1) is 19.0. The molecular formula is C15H23N3O5. The number of nitrogens with one attached hydrogen (secondary N) is 1. The van der Waals surface area contributed by atoms with Crippen LogP contribution in [0, 0.1) is 5.92 Å². The second kappa shape index (κ2) is 9.17. The summed E-state index contributed by atoms with van der Waals surface area (Å²) in [6.45, 7) is 3.81. The molecule has 0 bridgehead atoms. The molecule has 0 aromatic carbocycles. The van der Waals surface area contributed by atoms with E-state index in [1.54, 1.807) is 0 Å². The lowest BCUT2D eigenvalue weighted by Crippen LogP contribution is -2.48. The monoisotopic (exact) mass is 325 g/mol. The topological polar surface area (TPSA) is 129 Å². The van der Waals surface area contributed by atoms with E-state index in [-0.39, 0.29) is 24.9 Å². The summed E-state index contributed by atoms with van der Waals surface area (Å²) in [5.41, 5.74) is 8.25. The smallest absolute Gasteiger partial charge is 0.326 e. The molecule has 23 heavy (non-hydrogen) atoms. The summed E-state index contributed by atoms with van der Waals surface area (Å²) in [5, 5.41) is 11.6. The summed E-state index contributed by atoms with van der Waals surface area (Å²) >= 11 is 0. The minimum atomic E-state index is -1.22. The highest BCUT2D eigenvalue weighted by Crippen LogP contribution is 2.28. The number of carbonyl (C=O) groups excluding carboxylic acids is 2. The summed E-state index contributed by atoms with van der Waals surface area (Å²) < 4.78 is 5.69. The number of carboxylic acid groups (broad SMARTS) is 1. The fraction of sp³-hybridized carbons (Fsp3) is 0.733. The van der Waals surface area contributed by atoms with Crippen molar-refractivity contribution in [2.75, 3.05) is 0 Å². The number of carboxylic acids is 1. The summed E-state index contributed by atoms with van der Waals surface area (Å²) in [6.07, 6.45) is 2.43. The van der Waals surface area contributed by atoms with Crippen LogP contribution in [0.15, 0.2) is 0 Å². The van der Waals surface area contributed by atoms with E-state index in [0.29, 0.717) is 6.21 Å². The van der Waals surface area contributed by atoms with Gasteiger partial charge in [-0.1, -0.05) is 20.3 Å². The van der Waals surface area contributed by atoms with Crippen molar-refractivity contribution in [3.05, 3.63) is 5.53 Å². The maximum absolute atomic E-state index is 12.3. The Hall–Kier alpha value is -2.05. The molecule has 3 atom stereocenters. The lowest BCUT2D eigenvalue weighted by Gasteiger charge is -2.24. The van der Waals surface area contributed by atoms with Crippen LogP contribution in [-0.2, 0) is 19.1 Å². The van der Waals surface area contributed by atoms with Crippen molar-refractivity contribution in [2.45, 2.75) is 64.2 Å². The molecule has 128 valence electrons. The Morgan fingerprint density at radius 1 is 1.43 bits per heavy atom. The normalized spacial score (nSPS) is 17.5. The summed E-state index contributed by atoms with van der Waals surface area (Å²) in [6, 6.07) is -1.19. The van der Waals surface area contributed by atoms with Gasteiger partial charge in [0.25, 0.3) is 0 Å². The van der Waals surface area contributed by atoms with Gasteiger partial charge in [0.2, 0.25) is 11.7 Å². The van der Waals surface area contributed by atoms with Crippen LogP contribution in [0.3, 0.4) is 0 Å². The molecule has 1 amide bonds. The molecular weight excluding hydrogens is 302 g/mol. The molecule has 8 heteroatoms.